The fraction of sp³-hybridized carbons (Fsp3) is 0.185. The Morgan fingerprint density at radius 1 is 0.879 bits per heavy atom. The predicted molar refractivity (Wildman–Crippen MR) is 131 cm³/mol. The van der Waals surface area contributed by atoms with Gasteiger partial charge in [-0.05, 0) is 42.3 Å². The molecule has 0 radical (unpaired) electrons. The zero-order valence-electron chi connectivity index (χ0n) is 18.9. The SMILES string of the molecule is COc1ccccc1C1=C(N2CCc3ccccc32)C(=O)N(c2cccc(N(C)C)c2)C1=O. The van der Waals surface area contributed by atoms with E-state index in [9.17, 15) is 9.59 Å². The van der Waals surface area contributed by atoms with Crippen LogP contribution in [0, 0.1) is 0 Å². The van der Waals surface area contributed by atoms with Crippen LogP contribution in [0.1, 0.15) is 11.1 Å². The topological polar surface area (TPSA) is 53.1 Å². The van der Waals surface area contributed by atoms with Crippen LogP contribution < -0.4 is 19.4 Å². The molecule has 166 valence electrons. The number of hydrogen-bond donors (Lipinski definition) is 0. The zero-order valence-corrected chi connectivity index (χ0v) is 18.9. The van der Waals surface area contributed by atoms with Crippen LogP contribution in [0.2, 0.25) is 0 Å². The molecular weight excluding hydrogens is 414 g/mol. The summed E-state index contributed by atoms with van der Waals surface area (Å²) in [6.07, 6.45) is 0.816. The second-order valence-corrected chi connectivity index (χ2v) is 8.31. The standard InChI is InChI=1S/C27H25N3O3/c1-28(2)19-10-8-11-20(17-19)30-26(31)24(21-12-5-7-14-23(21)33-3)25(27(30)32)29-16-15-18-9-4-6-13-22(18)29/h4-14,17H,15-16H2,1-3H3. The van der Waals surface area contributed by atoms with E-state index in [4.69, 9.17) is 4.74 Å². The van der Waals surface area contributed by atoms with Crippen LogP contribution in [-0.4, -0.2) is 39.6 Å². The van der Waals surface area contributed by atoms with Crippen LogP contribution in [0.25, 0.3) is 5.57 Å². The minimum absolute atomic E-state index is 0.325. The molecule has 0 bridgehead atoms. The Morgan fingerprint density at radius 3 is 2.42 bits per heavy atom. The molecular formula is C27H25N3O3. The van der Waals surface area contributed by atoms with Gasteiger partial charge >= 0.3 is 0 Å². The van der Waals surface area contributed by atoms with Gasteiger partial charge in [-0.1, -0.05) is 42.5 Å². The summed E-state index contributed by atoms with van der Waals surface area (Å²) in [5.74, 6) is -0.115. The fourth-order valence-electron chi connectivity index (χ4n) is 4.58. The summed E-state index contributed by atoms with van der Waals surface area (Å²) in [5.41, 5.74) is 4.96. The largest absolute Gasteiger partial charge is 0.496 e. The Balaban J connectivity index is 1.70. The van der Waals surface area contributed by atoms with Gasteiger partial charge in [0.1, 0.15) is 11.4 Å². The summed E-state index contributed by atoms with van der Waals surface area (Å²) in [5, 5.41) is 0. The number of rotatable bonds is 5. The number of fused-ring (bicyclic) bond motifs is 1. The summed E-state index contributed by atoms with van der Waals surface area (Å²) in [6.45, 7) is 0.637. The van der Waals surface area contributed by atoms with E-state index in [2.05, 4.69) is 6.07 Å². The van der Waals surface area contributed by atoms with Crippen molar-refractivity contribution >= 4 is 34.4 Å². The van der Waals surface area contributed by atoms with Gasteiger partial charge in [-0.3, -0.25) is 9.59 Å². The first-order chi connectivity index (χ1) is 16.0. The highest BCUT2D eigenvalue weighted by molar-refractivity contribution is 6.46. The lowest BCUT2D eigenvalue weighted by Crippen LogP contribution is -2.35. The van der Waals surface area contributed by atoms with Gasteiger partial charge in [0.05, 0.1) is 18.4 Å². The Hall–Kier alpha value is -4.06. The van der Waals surface area contributed by atoms with E-state index in [-0.39, 0.29) is 11.8 Å². The minimum Gasteiger partial charge on any atom is -0.496 e. The molecule has 0 N–H and O–H groups in total. The maximum absolute atomic E-state index is 13.9. The van der Waals surface area contributed by atoms with Crippen molar-refractivity contribution in [2.45, 2.75) is 6.42 Å². The van der Waals surface area contributed by atoms with Gasteiger partial charge in [0.15, 0.2) is 0 Å². The number of amides is 2. The van der Waals surface area contributed by atoms with E-state index < -0.39 is 0 Å². The van der Waals surface area contributed by atoms with E-state index >= 15 is 0 Å². The lowest BCUT2D eigenvalue weighted by atomic mass is 10.0. The highest BCUT2D eigenvalue weighted by atomic mass is 16.5. The molecule has 0 unspecified atom stereocenters. The van der Waals surface area contributed by atoms with Crippen LogP contribution in [0.3, 0.4) is 0 Å². The summed E-state index contributed by atoms with van der Waals surface area (Å²) in [7, 11) is 5.43. The van der Waals surface area contributed by atoms with Gasteiger partial charge in [-0.25, -0.2) is 4.90 Å². The maximum atomic E-state index is 13.9. The second kappa shape index (κ2) is 8.13. The molecule has 6 nitrogen and oxygen atoms in total. The molecule has 6 heteroatoms. The number of benzene rings is 3. The predicted octanol–water partition coefficient (Wildman–Crippen LogP) is 4.11. The van der Waals surface area contributed by atoms with Gasteiger partial charge in [0, 0.05) is 37.6 Å². The summed E-state index contributed by atoms with van der Waals surface area (Å²) >= 11 is 0. The molecule has 0 saturated heterocycles. The first-order valence-corrected chi connectivity index (χ1v) is 10.9. The molecule has 0 aliphatic carbocycles. The third kappa shape index (κ3) is 3.35. The minimum atomic E-state index is -0.347. The highest BCUT2D eigenvalue weighted by Crippen LogP contribution is 2.42. The number of imide groups is 1. The lowest BCUT2D eigenvalue weighted by Gasteiger charge is -2.22. The monoisotopic (exact) mass is 439 g/mol. The zero-order chi connectivity index (χ0) is 23.1. The molecule has 33 heavy (non-hydrogen) atoms. The number of anilines is 3. The van der Waals surface area contributed by atoms with Gasteiger partial charge in [0.25, 0.3) is 11.8 Å². The summed E-state index contributed by atoms with van der Waals surface area (Å²) < 4.78 is 5.57. The Labute approximate surface area is 193 Å². The molecule has 5 rings (SSSR count). The van der Waals surface area contributed by atoms with Crippen molar-refractivity contribution in [3.05, 3.63) is 89.6 Å². The maximum Gasteiger partial charge on any atom is 0.282 e. The Morgan fingerprint density at radius 2 is 1.64 bits per heavy atom. The normalized spacial score (nSPS) is 15.4. The summed E-state index contributed by atoms with van der Waals surface area (Å²) in [6, 6.07) is 22.8. The van der Waals surface area contributed by atoms with E-state index in [1.165, 1.54) is 4.90 Å². The van der Waals surface area contributed by atoms with Crippen molar-refractivity contribution in [3.8, 4) is 5.75 Å². The number of carbonyl (C=O) groups excluding carboxylic acids is 2. The lowest BCUT2D eigenvalue weighted by molar-refractivity contribution is -0.120. The molecule has 0 atom stereocenters. The molecule has 3 aromatic carbocycles. The first kappa shape index (κ1) is 20.8. The number of carbonyl (C=O) groups is 2. The molecule has 0 spiro atoms. The van der Waals surface area contributed by atoms with E-state index in [0.29, 0.717) is 34.8 Å². The second-order valence-electron chi connectivity index (χ2n) is 8.31. The number of methoxy groups -OCH3 is 1. The van der Waals surface area contributed by atoms with Gasteiger partial charge in [-0.15, -0.1) is 0 Å². The van der Waals surface area contributed by atoms with Crippen LogP contribution in [-0.2, 0) is 16.0 Å². The fourth-order valence-corrected chi connectivity index (χ4v) is 4.58. The molecule has 2 heterocycles. The van der Waals surface area contributed by atoms with Crippen molar-refractivity contribution in [1.82, 2.24) is 0 Å². The van der Waals surface area contributed by atoms with Gasteiger partial charge in [-0.2, -0.15) is 0 Å². The number of hydrogen-bond acceptors (Lipinski definition) is 5. The molecule has 0 saturated carbocycles. The van der Waals surface area contributed by atoms with Crippen LogP contribution in [0.15, 0.2) is 78.5 Å². The molecule has 2 aliphatic heterocycles. The molecule has 2 amide bonds. The summed E-state index contributed by atoms with van der Waals surface area (Å²) in [4.78, 5) is 33.0. The highest BCUT2D eigenvalue weighted by Gasteiger charge is 2.44. The molecule has 0 fully saturated rings. The number of nitrogens with zero attached hydrogens (tertiary/aromatic N) is 3. The van der Waals surface area contributed by atoms with Crippen molar-refractivity contribution in [2.75, 3.05) is 42.4 Å². The average Bonchev–Trinajstić information content (AvgIpc) is 3.36. The van der Waals surface area contributed by atoms with Gasteiger partial charge in [0.2, 0.25) is 0 Å². The first-order valence-electron chi connectivity index (χ1n) is 10.9. The van der Waals surface area contributed by atoms with E-state index in [1.807, 2.05) is 84.6 Å². The number of para-hydroxylation sites is 2. The van der Waals surface area contributed by atoms with Crippen LogP contribution in [0.5, 0.6) is 5.75 Å². The van der Waals surface area contributed by atoms with E-state index in [0.717, 1.165) is 23.4 Å². The van der Waals surface area contributed by atoms with Crippen LogP contribution >= 0.6 is 0 Å². The Bertz CT molecular complexity index is 1300. The molecule has 0 aromatic heterocycles. The van der Waals surface area contributed by atoms with Crippen LogP contribution in [0.4, 0.5) is 17.1 Å². The number of ether oxygens (including phenoxy) is 1. The molecule has 3 aromatic rings. The third-order valence-electron chi connectivity index (χ3n) is 6.20. The van der Waals surface area contributed by atoms with Gasteiger partial charge < -0.3 is 14.5 Å². The molecule has 2 aliphatic rings. The van der Waals surface area contributed by atoms with Crippen molar-refractivity contribution in [2.24, 2.45) is 0 Å². The average molecular weight is 440 g/mol. The third-order valence-corrected chi connectivity index (χ3v) is 6.20. The van der Waals surface area contributed by atoms with E-state index in [1.54, 1.807) is 13.2 Å². The Kier molecular flexibility index (Phi) is 5.13. The van der Waals surface area contributed by atoms with Crippen molar-refractivity contribution in [1.29, 1.82) is 0 Å². The smallest absolute Gasteiger partial charge is 0.282 e. The van der Waals surface area contributed by atoms with Crippen molar-refractivity contribution in [3.63, 3.8) is 0 Å². The quantitative estimate of drug-likeness (QED) is 0.560. The van der Waals surface area contributed by atoms with Crippen molar-refractivity contribution < 1.29 is 14.3 Å².